The van der Waals surface area contributed by atoms with Gasteiger partial charge in [0, 0.05) is 6.42 Å². The maximum atomic E-state index is 12.9. The van der Waals surface area contributed by atoms with Crippen molar-refractivity contribution in [3.05, 3.63) is 146 Å². The van der Waals surface area contributed by atoms with Gasteiger partial charge in [0.1, 0.15) is 13.2 Å². The second-order valence-electron chi connectivity index (χ2n) is 19.2. The third-order valence-corrected chi connectivity index (χ3v) is 12.3. The third kappa shape index (κ3) is 54.0. The molecule has 0 aromatic rings. The number of amides is 1. The van der Waals surface area contributed by atoms with Gasteiger partial charge in [-0.3, -0.25) is 13.8 Å². The van der Waals surface area contributed by atoms with E-state index >= 15 is 0 Å². The van der Waals surface area contributed by atoms with E-state index in [0.717, 1.165) is 109 Å². The van der Waals surface area contributed by atoms with E-state index in [1.807, 2.05) is 27.2 Å². The van der Waals surface area contributed by atoms with Crippen LogP contribution in [-0.2, 0) is 18.4 Å². The number of carbonyl (C=O) groups is 1. The number of aliphatic hydroxyl groups is 1. The molecule has 0 spiro atoms. The Morgan fingerprint density at radius 1 is 0.493 bits per heavy atom. The number of hydrogen-bond acceptors (Lipinski definition) is 5. The molecule has 0 aliphatic carbocycles. The zero-order valence-corrected chi connectivity index (χ0v) is 46.5. The molecule has 0 bridgehead atoms. The van der Waals surface area contributed by atoms with Crippen molar-refractivity contribution in [1.29, 1.82) is 0 Å². The molecule has 0 fully saturated rings. The fourth-order valence-corrected chi connectivity index (χ4v) is 7.69. The van der Waals surface area contributed by atoms with Gasteiger partial charge in [0.2, 0.25) is 5.91 Å². The molecule has 3 atom stereocenters. The standard InChI is InChI=1S/C62H103N2O6P/c1-6-8-10-12-14-16-17-18-19-20-21-22-23-24-25-26-27-28-29-30-31-32-33-34-35-36-37-38-39-40-41-42-43-44-45-46-47-48-50-52-54-56-62(66)63-60(59-70-71(67,68)69-58-57-64(3,4)5)61(65)55-53-51-49-15-13-11-9-7-2/h8,10,13-16,18-19,21-22,24-25,27-28,30-31,33-34,36-37,39-40,53,55,60-61,65H,6-7,9,11-12,17,20,23,26,29,32,35,38,41-52,54,56-59H2,1-5H3,(H-,63,66,67,68)/p+1/b10-8-,15-13+,16-14-,19-18-,22-21-,25-24-,28-27-,31-30-,34-33-,37-36-,40-39-,55-53+. The van der Waals surface area contributed by atoms with E-state index in [1.54, 1.807) is 6.08 Å². The Hall–Kier alpha value is -3.62. The number of nitrogens with one attached hydrogen (secondary N) is 1. The number of aliphatic hydroxyl groups excluding tert-OH is 1. The maximum Gasteiger partial charge on any atom is 0.472 e. The molecule has 3 N–H and O–H groups in total. The van der Waals surface area contributed by atoms with Gasteiger partial charge in [0.25, 0.3) is 0 Å². The van der Waals surface area contributed by atoms with Crippen molar-refractivity contribution in [2.75, 3.05) is 40.9 Å². The lowest BCUT2D eigenvalue weighted by Crippen LogP contribution is -2.45. The van der Waals surface area contributed by atoms with Crippen LogP contribution in [0.2, 0.25) is 0 Å². The minimum atomic E-state index is -4.35. The van der Waals surface area contributed by atoms with Crippen LogP contribution in [0.25, 0.3) is 0 Å². The fourth-order valence-electron chi connectivity index (χ4n) is 6.95. The molecule has 71 heavy (non-hydrogen) atoms. The van der Waals surface area contributed by atoms with Gasteiger partial charge in [-0.25, -0.2) is 4.57 Å². The lowest BCUT2D eigenvalue weighted by Gasteiger charge is -2.25. The summed E-state index contributed by atoms with van der Waals surface area (Å²) in [7, 11) is 1.53. The molecule has 0 heterocycles. The first-order valence-corrected chi connectivity index (χ1v) is 29.2. The molecule has 1 amide bonds. The highest BCUT2D eigenvalue weighted by molar-refractivity contribution is 7.47. The highest BCUT2D eigenvalue weighted by Crippen LogP contribution is 2.43. The number of nitrogens with zero attached hydrogens (tertiary/aromatic N) is 1. The van der Waals surface area contributed by atoms with Crippen LogP contribution in [0.3, 0.4) is 0 Å². The first kappa shape index (κ1) is 67.4. The molecular formula is C62H104N2O6P+. The van der Waals surface area contributed by atoms with Crippen LogP contribution in [-0.4, -0.2) is 73.4 Å². The number of likely N-dealkylation sites (N-methyl/N-ethyl adjacent to an activating group) is 1. The lowest BCUT2D eigenvalue weighted by atomic mass is 10.0. The summed E-state index contributed by atoms with van der Waals surface area (Å²) in [4.78, 5) is 23.1. The van der Waals surface area contributed by atoms with Crippen molar-refractivity contribution >= 4 is 13.7 Å². The van der Waals surface area contributed by atoms with Gasteiger partial charge in [-0.1, -0.05) is 224 Å². The molecule has 0 saturated heterocycles. The van der Waals surface area contributed by atoms with Gasteiger partial charge >= 0.3 is 7.82 Å². The minimum absolute atomic E-state index is 0.0479. The molecule has 0 aliphatic rings. The van der Waals surface area contributed by atoms with Crippen LogP contribution >= 0.6 is 7.82 Å². The summed E-state index contributed by atoms with van der Waals surface area (Å²) in [5.41, 5.74) is 0. The Morgan fingerprint density at radius 3 is 1.30 bits per heavy atom. The summed E-state index contributed by atoms with van der Waals surface area (Å²) in [6.07, 6.45) is 79.8. The molecule has 0 aromatic carbocycles. The van der Waals surface area contributed by atoms with Gasteiger partial charge in [-0.05, 0) is 103 Å². The van der Waals surface area contributed by atoms with E-state index in [-0.39, 0.29) is 19.1 Å². The SMILES string of the molecule is CC/C=C\C/C=C\C/C=C\C/C=C\C/C=C\C/C=C\C/C=C\C/C=C\C/C=C\C/C=C\CCCCCCCCCCCCC(=O)NC(COP(=O)(O)OCC[N+](C)(C)C)C(O)/C=C/CC/C=C/CCCC. The number of hydrogen-bond donors (Lipinski definition) is 3. The number of unbranched alkanes of at least 4 members (excludes halogenated alkanes) is 13. The summed E-state index contributed by atoms with van der Waals surface area (Å²) in [5.74, 6) is -0.203. The predicted molar refractivity (Wildman–Crippen MR) is 308 cm³/mol. The zero-order chi connectivity index (χ0) is 52.0. The molecular weight excluding hydrogens is 900 g/mol. The van der Waals surface area contributed by atoms with Crippen LogP contribution in [0.1, 0.15) is 187 Å². The molecule has 0 radical (unpaired) electrons. The summed E-state index contributed by atoms with van der Waals surface area (Å²) in [6.45, 7) is 4.57. The van der Waals surface area contributed by atoms with Crippen LogP contribution in [0.4, 0.5) is 0 Å². The first-order chi connectivity index (χ1) is 34.5. The second-order valence-corrected chi connectivity index (χ2v) is 20.7. The topological polar surface area (TPSA) is 105 Å². The smallest absolute Gasteiger partial charge is 0.387 e. The Kier molecular flexibility index (Phi) is 48.7. The third-order valence-electron chi connectivity index (χ3n) is 11.3. The molecule has 0 aromatic heterocycles. The van der Waals surface area contributed by atoms with Gasteiger partial charge < -0.3 is 19.8 Å². The lowest BCUT2D eigenvalue weighted by molar-refractivity contribution is -0.870. The monoisotopic (exact) mass is 1000 g/mol. The van der Waals surface area contributed by atoms with Crippen molar-refractivity contribution in [2.45, 2.75) is 199 Å². The van der Waals surface area contributed by atoms with Crippen molar-refractivity contribution in [3.63, 3.8) is 0 Å². The van der Waals surface area contributed by atoms with Crippen LogP contribution in [0.5, 0.6) is 0 Å². The number of phosphoric acid groups is 1. The molecule has 9 heteroatoms. The zero-order valence-electron chi connectivity index (χ0n) is 45.6. The van der Waals surface area contributed by atoms with Gasteiger partial charge in [0.05, 0.1) is 39.9 Å². The second kappa shape index (κ2) is 51.3. The first-order valence-electron chi connectivity index (χ1n) is 27.7. The molecule has 0 saturated carbocycles. The van der Waals surface area contributed by atoms with Crippen LogP contribution < -0.4 is 5.32 Å². The number of quaternary nitrogens is 1. The van der Waals surface area contributed by atoms with Crippen molar-refractivity contribution in [3.8, 4) is 0 Å². The highest BCUT2D eigenvalue weighted by atomic mass is 31.2. The van der Waals surface area contributed by atoms with E-state index in [1.165, 1.54) is 57.8 Å². The Labute approximate surface area is 436 Å². The van der Waals surface area contributed by atoms with Gasteiger partial charge in [-0.2, -0.15) is 0 Å². The number of allylic oxidation sites excluding steroid dienone is 23. The largest absolute Gasteiger partial charge is 0.472 e. The average molecular weight is 1000 g/mol. The molecule has 0 rings (SSSR count). The Bertz CT molecular complexity index is 1660. The Balaban J connectivity index is 4.01. The van der Waals surface area contributed by atoms with E-state index < -0.39 is 20.0 Å². The number of phosphoric ester groups is 1. The van der Waals surface area contributed by atoms with Crippen molar-refractivity contribution < 1.29 is 32.9 Å². The summed E-state index contributed by atoms with van der Waals surface area (Å²) in [5, 5.41) is 13.7. The van der Waals surface area contributed by atoms with Crippen LogP contribution in [0, 0.1) is 0 Å². The average Bonchev–Trinajstić information content (AvgIpc) is 3.33. The highest BCUT2D eigenvalue weighted by Gasteiger charge is 2.27. The fraction of sp³-hybridized carbons (Fsp3) is 0.597. The molecule has 8 nitrogen and oxygen atoms in total. The van der Waals surface area contributed by atoms with Crippen LogP contribution in [0.15, 0.2) is 146 Å². The van der Waals surface area contributed by atoms with Crippen molar-refractivity contribution in [2.24, 2.45) is 0 Å². The molecule has 402 valence electrons. The minimum Gasteiger partial charge on any atom is -0.387 e. The van der Waals surface area contributed by atoms with E-state index in [2.05, 4.69) is 153 Å². The number of carbonyl (C=O) groups excluding carboxylic acids is 1. The van der Waals surface area contributed by atoms with E-state index in [0.29, 0.717) is 17.4 Å². The maximum absolute atomic E-state index is 12.9. The summed E-state index contributed by atoms with van der Waals surface area (Å²) < 4.78 is 23.5. The van der Waals surface area contributed by atoms with Gasteiger partial charge in [-0.15, -0.1) is 0 Å². The Morgan fingerprint density at radius 2 is 0.859 bits per heavy atom. The van der Waals surface area contributed by atoms with Gasteiger partial charge in [0.15, 0.2) is 0 Å². The quantitative estimate of drug-likeness (QED) is 0.0243. The van der Waals surface area contributed by atoms with Crippen molar-refractivity contribution in [1.82, 2.24) is 5.32 Å². The predicted octanol–water partition coefficient (Wildman–Crippen LogP) is 16.9. The number of rotatable bonds is 48. The van der Waals surface area contributed by atoms with E-state index in [4.69, 9.17) is 9.05 Å². The summed E-state index contributed by atoms with van der Waals surface area (Å²) >= 11 is 0. The summed E-state index contributed by atoms with van der Waals surface area (Å²) in [6, 6.07) is -0.872. The normalized spacial score (nSPS) is 15.1. The molecule has 0 aliphatic heterocycles. The van der Waals surface area contributed by atoms with E-state index in [9.17, 15) is 19.4 Å². The molecule has 3 unspecified atom stereocenters.